The standard InChI is InChI=1S/C17H32N2O2S/c1-16(2,14-20)7-6-10-18-15(21)19-11-12-22-17(13-19)8-4-3-5-9-17/h20H,3-14H2,1-2H3,(H,18,21). The highest BCUT2D eigenvalue weighted by molar-refractivity contribution is 8.00. The van der Waals surface area contributed by atoms with Crippen LogP contribution < -0.4 is 5.32 Å². The van der Waals surface area contributed by atoms with E-state index in [0.29, 0.717) is 11.3 Å². The zero-order chi connectivity index (χ0) is 16.1. The van der Waals surface area contributed by atoms with Gasteiger partial charge in [-0.3, -0.25) is 0 Å². The fourth-order valence-electron chi connectivity index (χ4n) is 3.47. The number of rotatable bonds is 5. The third kappa shape index (κ3) is 5.05. The maximum absolute atomic E-state index is 12.4. The largest absolute Gasteiger partial charge is 0.396 e. The first-order valence-corrected chi connectivity index (χ1v) is 9.73. The number of aliphatic hydroxyl groups is 1. The average Bonchev–Trinajstić information content (AvgIpc) is 2.52. The Morgan fingerprint density at radius 2 is 2.05 bits per heavy atom. The van der Waals surface area contributed by atoms with E-state index >= 15 is 0 Å². The minimum atomic E-state index is -0.0430. The van der Waals surface area contributed by atoms with E-state index in [2.05, 4.69) is 30.9 Å². The summed E-state index contributed by atoms with van der Waals surface area (Å²) < 4.78 is 0.340. The number of nitrogens with zero attached hydrogens (tertiary/aromatic N) is 1. The van der Waals surface area contributed by atoms with Gasteiger partial charge in [-0.05, 0) is 31.1 Å². The number of hydrogen-bond donors (Lipinski definition) is 2. The van der Waals surface area contributed by atoms with Gasteiger partial charge < -0.3 is 15.3 Å². The summed E-state index contributed by atoms with van der Waals surface area (Å²) in [7, 11) is 0. The summed E-state index contributed by atoms with van der Waals surface area (Å²) in [5, 5.41) is 12.3. The van der Waals surface area contributed by atoms with Crippen molar-refractivity contribution >= 4 is 17.8 Å². The molecule has 1 aliphatic carbocycles. The Morgan fingerprint density at radius 1 is 1.32 bits per heavy atom. The molecular weight excluding hydrogens is 296 g/mol. The Morgan fingerprint density at radius 3 is 2.73 bits per heavy atom. The van der Waals surface area contributed by atoms with Crippen LogP contribution in [0, 0.1) is 5.41 Å². The molecule has 0 unspecified atom stereocenters. The van der Waals surface area contributed by atoms with Gasteiger partial charge in [-0.2, -0.15) is 11.8 Å². The van der Waals surface area contributed by atoms with Crippen molar-refractivity contribution in [2.45, 2.75) is 63.5 Å². The van der Waals surface area contributed by atoms with Gasteiger partial charge in [0.2, 0.25) is 0 Å². The molecule has 1 saturated carbocycles. The molecule has 1 heterocycles. The zero-order valence-corrected chi connectivity index (χ0v) is 15.0. The number of carbonyl (C=O) groups is 1. The molecule has 128 valence electrons. The van der Waals surface area contributed by atoms with Crippen molar-refractivity contribution < 1.29 is 9.90 Å². The number of amides is 2. The van der Waals surface area contributed by atoms with E-state index in [4.69, 9.17) is 0 Å². The molecule has 0 aromatic carbocycles. The third-order valence-corrected chi connectivity index (χ3v) is 6.57. The second kappa shape index (κ2) is 7.91. The zero-order valence-electron chi connectivity index (χ0n) is 14.2. The van der Waals surface area contributed by atoms with Crippen LogP contribution in [0.4, 0.5) is 4.79 Å². The van der Waals surface area contributed by atoms with Gasteiger partial charge >= 0.3 is 6.03 Å². The summed E-state index contributed by atoms with van der Waals surface area (Å²) in [6, 6.07) is 0.104. The van der Waals surface area contributed by atoms with Crippen molar-refractivity contribution in [2.24, 2.45) is 5.41 Å². The Kier molecular flexibility index (Phi) is 6.45. The second-order valence-corrected chi connectivity index (χ2v) is 9.23. The molecule has 2 amide bonds. The SMILES string of the molecule is CC(C)(CO)CCCNC(=O)N1CCSC2(CCCCC2)C1. The van der Waals surface area contributed by atoms with Crippen molar-refractivity contribution in [3.63, 3.8) is 0 Å². The Balaban J connectivity index is 1.73. The summed E-state index contributed by atoms with van der Waals surface area (Å²) in [6.07, 6.45) is 8.39. The van der Waals surface area contributed by atoms with E-state index in [-0.39, 0.29) is 18.1 Å². The quantitative estimate of drug-likeness (QED) is 0.762. The monoisotopic (exact) mass is 328 g/mol. The minimum absolute atomic E-state index is 0.0430. The number of urea groups is 1. The molecule has 0 aromatic rings. The first-order valence-electron chi connectivity index (χ1n) is 8.74. The van der Waals surface area contributed by atoms with E-state index in [9.17, 15) is 9.90 Å². The molecule has 5 heteroatoms. The Hall–Kier alpha value is -0.420. The molecule has 2 N–H and O–H groups in total. The number of thioether (sulfide) groups is 1. The minimum Gasteiger partial charge on any atom is -0.396 e. The van der Waals surface area contributed by atoms with Gasteiger partial charge in [0.05, 0.1) is 0 Å². The van der Waals surface area contributed by atoms with Crippen LogP contribution in [0.2, 0.25) is 0 Å². The van der Waals surface area contributed by atoms with Gasteiger partial charge in [-0.1, -0.05) is 33.1 Å². The highest BCUT2D eigenvalue weighted by Crippen LogP contribution is 2.42. The lowest BCUT2D eigenvalue weighted by molar-refractivity contribution is 0.147. The molecule has 0 radical (unpaired) electrons. The first kappa shape index (κ1) is 17.9. The van der Waals surface area contributed by atoms with Crippen molar-refractivity contribution in [3.8, 4) is 0 Å². The molecule has 0 bridgehead atoms. The maximum atomic E-state index is 12.4. The van der Waals surface area contributed by atoms with Crippen LogP contribution >= 0.6 is 11.8 Å². The van der Waals surface area contributed by atoms with Crippen molar-refractivity contribution in [1.29, 1.82) is 0 Å². The van der Waals surface area contributed by atoms with E-state index in [0.717, 1.165) is 31.7 Å². The van der Waals surface area contributed by atoms with Gasteiger partial charge in [-0.25, -0.2) is 4.79 Å². The van der Waals surface area contributed by atoms with Crippen LogP contribution in [0.15, 0.2) is 0 Å². The van der Waals surface area contributed by atoms with Crippen LogP contribution in [0.5, 0.6) is 0 Å². The van der Waals surface area contributed by atoms with Crippen LogP contribution in [-0.4, -0.2) is 52.8 Å². The molecule has 2 rings (SSSR count). The first-order chi connectivity index (χ1) is 10.5. The molecular formula is C17H32N2O2S. The average molecular weight is 329 g/mol. The number of nitrogens with one attached hydrogen (secondary N) is 1. The molecule has 2 aliphatic rings. The van der Waals surface area contributed by atoms with Gasteiger partial charge in [0.1, 0.15) is 0 Å². The summed E-state index contributed by atoms with van der Waals surface area (Å²) in [5.41, 5.74) is -0.0430. The topological polar surface area (TPSA) is 52.6 Å². The van der Waals surface area contributed by atoms with Crippen molar-refractivity contribution in [2.75, 3.05) is 32.0 Å². The van der Waals surface area contributed by atoms with Gasteiger partial charge in [0.15, 0.2) is 0 Å². The fraction of sp³-hybridized carbons (Fsp3) is 0.941. The van der Waals surface area contributed by atoms with Gasteiger partial charge in [-0.15, -0.1) is 0 Å². The maximum Gasteiger partial charge on any atom is 0.317 e. The smallest absolute Gasteiger partial charge is 0.317 e. The molecule has 2 fully saturated rings. The lowest BCUT2D eigenvalue weighted by Gasteiger charge is -2.44. The van der Waals surface area contributed by atoms with Crippen LogP contribution in [0.1, 0.15) is 58.8 Å². The molecule has 4 nitrogen and oxygen atoms in total. The molecule has 1 spiro atoms. The van der Waals surface area contributed by atoms with E-state index in [1.807, 2.05) is 4.90 Å². The van der Waals surface area contributed by atoms with Gasteiger partial charge in [0.25, 0.3) is 0 Å². The summed E-state index contributed by atoms with van der Waals surface area (Å²) in [6.45, 7) is 6.82. The van der Waals surface area contributed by atoms with Crippen LogP contribution in [0.3, 0.4) is 0 Å². The highest BCUT2D eigenvalue weighted by atomic mass is 32.2. The predicted molar refractivity (Wildman–Crippen MR) is 93.3 cm³/mol. The third-order valence-electron chi connectivity index (χ3n) is 5.04. The highest BCUT2D eigenvalue weighted by Gasteiger charge is 2.38. The lowest BCUT2D eigenvalue weighted by Crippen LogP contribution is -2.52. The normalized spacial score (nSPS) is 21.9. The van der Waals surface area contributed by atoms with Gasteiger partial charge in [0, 0.05) is 36.7 Å². The summed E-state index contributed by atoms with van der Waals surface area (Å²) >= 11 is 2.09. The summed E-state index contributed by atoms with van der Waals surface area (Å²) in [5.74, 6) is 1.07. The number of carbonyl (C=O) groups excluding carboxylic acids is 1. The molecule has 1 saturated heterocycles. The van der Waals surface area contributed by atoms with Crippen LogP contribution in [0.25, 0.3) is 0 Å². The fourth-order valence-corrected chi connectivity index (χ4v) is 5.04. The van der Waals surface area contributed by atoms with E-state index in [1.54, 1.807) is 0 Å². The molecule has 22 heavy (non-hydrogen) atoms. The second-order valence-electron chi connectivity index (χ2n) is 7.67. The van der Waals surface area contributed by atoms with Crippen molar-refractivity contribution in [1.82, 2.24) is 10.2 Å². The van der Waals surface area contributed by atoms with E-state index in [1.165, 1.54) is 32.1 Å². The predicted octanol–water partition coefficient (Wildman–Crippen LogP) is 3.25. The molecule has 0 aromatic heterocycles. The van der Waals surface area contributed by atoms with E-state index < -0.39 is 0 Å². The summed E-state index contributed by atoms with van der Waals surface area (Å²) in [4.78, 5) is 14.4. The Labute approximate surface area is 139 Å². The molecule has 0 atom stereocenters. The van der Waals surface area contributed by atoms with Crippen molar-refractivity contribution in [3.05, 3.63) is 0 Å². The Bertz CT molecular complexity index is 362. The molecule has 1 aliphatic heterocycles. The van der Waals surface area contributed by atoms with Crippen LogP contribution in [-0.2, 0) is 0 Å². The number of aliphatic hydroxyl groups excluding tert-OH is 1. The lowest BCUT2D eigenvalue weighted by atomic mass is 9.87. The number of hydrogen-bond acceptors (Lipinski definition) is 3.